The zero-order valence-electron chi connectivity index (χ0n) is 15.8. The molecule has 0 unspecified atom stereocenters. The van der Waals surface area contributed by atoms with Gasteiger partial charge in [0.1, 0.15) is 5.75 Å². The summed E-state index contributed by atoms with van der Waals surface area (Å²) < 4.78 is 7.44. The van der Waals surface area contributed by atoms with E-state index in [1.54, 1.807) is 19.2 Å². The molecule has 0 saturated heterocycles. The lowest BCUT2D eigenvalue weighted by atomic mass is 10.1. The Bertz CT molecular complexity index is 1160. The maximum Gasteiger partial charge on any atom is 0.176 e. The second-order valence-corrected chi connectivity index (χ2v) is 7.89. The number of imidazole rings is 1. The van der Waals surface area contributed by atoms with Crippen molar-refractivity contribution < 1.29 is 9.53 Å². The number of benzene rings is 3. The van der Waals surface area contributed by atoms with Gasteiger partial charge in [0, 0.05) is 5.02 Å². The van der Waals surface area contributed by atoms with Crippen molar-refractivity contribution >= 4 is 40.2 Å². The number of thioether (sulfide) groups is 1. The number of Topliss-reactive ketones (excluding diaryl/α,β-unsaturated/α-hetero) is 1. The van der Waals surface area contributed by atoms with Gasteiger partial charge in [-0.25, -0.2) is 4.98 Å². The Labute approximate surface area is 178 Å². The number of hydrogen-bond donors (Lipinski definition) is 0. The van der Waals surface area contributed by atoms with Gasteiger partial charge in [-0.3, -0.25) is 4.79 Å². The van der Waals surface area contributed by atoms with Crippen molar-refractivity contribution in [1.29, 1.82) is 0 Å². The summed E-state index contributed by atoms with van der Waals surface area (Å²) in [7, 11) is 1.57. The summed E-state index contributed by atoms with van der Waals surface area (Å²) in [5, 5.41) is 1.43. The minimum atomic E-state index is 0.00352. The van der Waals surface area contributed by atoms with Crippen LogP contribution in [-0.4, -0.2) is 28.2 Å². The molecule has 1 heterocycles. The van der Waals surface area contributed by atoms with E-state index in [1.807, 2.05) is 48.5 Å². The van der Waals surface area contributed by atoms with Gasteiger partial charge in [-0.2, -0.15) is 0 Å². The molecule has 4 aromatic rings. The van der Waals surface area contributed by atoms with Gasteiger partial charge in [0.15, 0.2) is 10.9 Å². The molecule has 6 heteroatoms. The molecule has 3 aromatic carbocycles. The van der Waals surface area contributed by atoms with Gasteiger partial charge in [-0.1, -0.05) is 65.8 Å². The Morgan fingerprint density at radius 1 is 1.07 bits per heavy atom. The molecule has 0 N–H and O–H groups in total. The van der Waals surface area contributed by atoms with E-state index in [0.29, 0.717) is 22.9 Å². The Kier molecular flexibility index (Phi) is 5.88. The van der Waals surface area contributed by atoms with E-state index in [9.17, 15) is 4.79 Å². The van der Waals surface area contributed by atoms with Gasteiger partial charge in [0.05, 0.1) is 36.0 Å². The number of fused-ring (bicyclic) bond motifs is 1. The van der Waals surface area contributed by atoms with Gasteiger partial charge in [-0.05, 0) is 35.9 Å². The number of hydrogen-bond acceptors (Lipinski definition) is 4. The summed E-state index contributed by atoms with van der Waals surface area (Å²) in [4.78, 5) is 17.5. The third-order valence-corrected chi connectivity index (χ3v) is 5.81. The number of methoxy groups -OCH3 is 1. The molecule has 0 spiro atoms. The fourth-order valence-corrected chi connectivity index (χ4v) is 4.26. The second kappa shape index (κ2) is 8.72. The first-order valence-electron chi connectivity index (χ1n) is 9.14. The Morgan fingerprint density at radius 2 is 1.83 bits per heavy atom. The van der Waals surface area contributed by atoms with Crippen LogP contribution in [0.3, 0.4) is 0 Å². The summed E-state index contributed by atoms with van der Waals surface area (Å²) in [6.45, 7) is 0.671. The smallest absolute Gasteiger partial charge is 0.176 e. The highest BCUT2D eigenvalue weighted by Crippen LogP contribution is 2.28. The van der Waals surface area contributed by atoms with Crippen molar-refractivity contribution in [3.63, 3.8) is 0 Å². The van der Waals surface area contributed by atoms with E-state index in [1.165, 1.54) is 17.3 Å². The first-order chi connectivity index (χ1) is 14.2. The topological polar surface area (TPSA) is 44.1 Å². The predicted octanol–water partition coefficient (Wildman–Crippen LogP) is 5.72. The predicted molar refractivity (Wildman–Crippen MR) is 118 cm³/mol. The third kappa shape index (κ3) is 4.31. The zero-order valence-corrected chi connectivity index (χ0v) is 17.4. The van der Waals surface area contributed by atoms with E-state index in [4.69, 9.17) is 21.3 Å². The van der Waals surface area contributed by atoms with Crippen molar-refractivity contribution in [3.05, 3.63) is 88.9 Å². The molecule has 29 heavy (non-hydrogen) atoms. The average molecular weight is 423 g/mol. The lowest BCUT2D eigenvalue weighted by Gasteiger charge is -2.10. The second-order valence-electron chi connectivity index (χ2n) is 6.51. The maximum absolute atomic E-state index is 12.8. The summed E-state index contributed by atoms with van der Waals surface area (Å²) in [5.41, 5.74) is 3.56. The molecule has 0 amide bonds. The molecule has 4 nitrogen and oxygen atoms in total. The molecular formula is C23H19ClN2O2S. The van der Waals surface area contributed by atoms with E-state index in [2.05, 4.69) is 16.7 Å². The molecule has 0 atom stereocenters. The van der Waals surface area contributed by atoms with E-state index < -0.39 is 0 Å². The quantitative estimate of drug-likeness (QED) is 0.282. The van der Waals surface area contributed by atoms with Crippen LogP contribution in [0.1, 0.15) is 15.9 Å². The molecular weight excluding hydrogens is 404 g/mol. The minimum absolute atomic E-state index is 0.00352. The monoisotopic (exact) mass is 422 g/mol. The van der Waals surface area contributed by atoms with Crippen molar-refractivity contribution in [2.75, 3.05) is 12.9 Å². The highest BCUT2D eigenvalue weighted by Gasteiger charge is 2.16. The molecule has 0 fully saturated rings. The highest BCUT2D eigenvalue weighted by molar-refractivity contribution is 7.99. The molecule has 0 aliphatic rings. The fraction of sp³-hybridized carbons (Fsp3) is 0.130. The lowest BCUT2D eigenvalue weighted by molar-refractivity contribution is 0.101. The fourth-order valence-electron chi connectivity index (χ4n) is 3.19. The van der Waals surface area contributed by atoms with Crippen LogP contribution in [0.4, 0.5) is 0 Å². The number of rotatable bonds is 7. The van der Waals surface area contributed by atoms with Gasteiger partial charge < -0.3 is 9.30 Å². The molecule has 0 aliphatic carbocycles. The first kappa shape index (κ1) is 19.6. The number of aromatic nitrogens is 2. The normalized spacial score (nSPS) is 11.0. The number of carbonyl (C=O) groups is 1. The average Bonchev–Trinajstić information content (AvgIpc) is 3.09. The van der Waals surface area contributed by atoms with Gasteiger partial charge in [0.2, 0.25) is 0 Å². The molecule has 0 aliphatic heterocycles. The van der Waals surface area contributed by atoms with Crippen LogP contribution >= 0.6 is 23.4 Å². The zero-order chi connectivity index (χ0) is 20.2. The van der Waals surface area contributed by atoms with Crippen molar-refractivity contribution in [2.45, 2.75) is 11.7 Å². The molecule has 0 saturated carbocycles. The van der Waals surface area contributed by atoms with Crippen molar-refractivity contribution in [1.82, 2.24) is 9.55 Å². The molecule has 0 radical (unpaired) electrons. The Balaban J connectivity index is 1.64. The van der Waals surface area contributed by atoms with Crippen LogP contribution in [0, 0.1) is 0 Å². The van der Waals surface area contributed by atoms with Gasteiger partial charge >= 0.3 is 0 Å². The first-order valence-corrected chi connectivity index (χ1v) is 10.5. The van der Waals surface area contributed by atoms with Gasteiger partial charge in [-0.15, -0.1) is 0 Å². The summed E-state index contributed by atoms with van der Waals surface area (Å²) in [5.74, 6) is 0.859. The number of nitrogens with zero attached hydrogens (tertiary/aromatic N) is 2. The molecule has 0 bridgehead atoms. The summed E-state index contributed by atoms with van der Waals surface area (Å²) >= 11 is 7.58. The number of para-hydroxylation sites is 1. The summed E-state index contributed by atoms with van der Waals surface area (Å²) in [6.07, 6.45) is 0. The Morgan fingerprint density at radius 3 is 2.62 bits per heavy atom. The molecule has 4 rings (SSSR count). The van der Waals surface area contributed by atoms with Crippen LogP contribution in [0.25, 0.3) is 11.0 Å². The number of halogens is 1. The minimum Gasteiger partial charge on any atom is -0.496 e. The number of ketones is 1. The van der Waals surface area contributed by atoms with E-state index in [-0.39, 0.29) is 11.5 Å². The van der Waals surface area contributed by atoms with Crippen molar-refractivity contribution in [2.24, 2.45) is 0 Å². The molecule has 146 valence electrons. The Hall–Kier alpha value is -2.76. The summed E-state index contributed by atoms with van der Waals surface area (Å²) in [6, 6.07) is 23.2. The van der Waals surface area contributed by atoms with Crippen LogP contribution in [0.5, 0.6) is 5.75 Å². The van der Waals surface area contributed by atoms with E-state index in [0.717, 1.165) is 16.2 Å². The van der Waals surface area contributed by atoms with E-state index >= 15 is 0 Å². The lowest BCUT2D eigenvalue weighted by Crippen LogP contribution is -2.07. The van der Waals surface area contributed by atoms with Crippen molar-refractivity contribution in [3.8, 4) is 5.75 Å². The van der Waals surface area contributed by atoms with Crippen LogP contribution < -0.4 is 4.74 Å². The standard InChI is InChI=1S/C23H19ClN2O2S/c1-28-22-10-6-5-9-18(22)21(27)15-29-23-25-19-13-17(24)11-12-20(19)26(23)14-16-7-3-2-4-8-16/h2-13H,14-15H2,1H3. The highest BCUT2D eigenvalue weighted by atomic mass is 35.5. The van der Waals surface area contributed by atoms with Gasteiger partial charge in [0.25, 0.3) is 0 Å². The SMILES string of the molecule is COc1ccccc1C(=O)CSc1nc2cc(Cl)ccc2n1Cc1ccccc1. The largest absolute Gasteiger partial charge is 0.496 e. The third-order valence-electron chi connectivity index (χ3n) is 4.60. The molecule has 1 aromatic heterocycles. The van der Waals surface area contributed by atoms with Crippen LogP contribution in [0.2, 0.25) is 5.02 Å². The van der Waals surface area contributed by atoms with Crippen LogP contribution in [-0.2, 0) is 6.54 Å². The maximum atomic E-state index is 12.8. The number of carbonyl (C=O) groups excluding carboxylic acids is 1. The number of ether oxygens (including phenoxy) is 1. The van der Waals surface area contributed by atoms with Crippen LogP contribution in [0.15, 0.2) is 78.0 Å².